The highest BCUT2D eigenvalue weighted by molar-refractivity contribution is 9.10. The molecule has 0 aromatic heterocycles. The van der Waals surface area contributed by atoms with E-state index in [-0.39, 0.29) is 10.4 Å². The normalized spacial score (nSPS) is 12.6. The molecule has 0 aliphatic heterocycles. The van der Waals surface area contributed by atoms with Gasteiger partial charge < -0.3 is 11.1 Å². The van der Waals surface area contributed by atoms with Crippen molar-refractivity contribution >= 4 is 27.5 Å². The minimum absolute atomic E-state index is 0.227. The summed E-state index contributed by atoms with van der Waals surface area (Å²) in [5.74, 6) is -2.05. The minimum Gasteiger partial charge on any atom is -0.320 e. The van der Waals surface area contributed by atoms with Gasteiger partial charge in [0.2, 0.25) is 5.91 Å². The fraction of sp³-hybridized carbons (Fsp3) is 0.417. The van der Waals surface area contributed by atoms with Gasteiger partial charge in [-0.25, -0.2) is 8.78 Å². The third-order valence-electron chi connectivity index (χ3n) is 2.32. The van der Waals surface area contributed by atoms with Crippen molar-refractivity contribution in [2.75, 3.05) is 5.32 Å². The molecule has 0 spiro atoms. The SMILES string of the molecule is CC(C)C[C@H](N)C(=O)Nc1c(F)cc(Br)cc1F. The fourth-order valence-corrected chi connectivity index (χ4v) is 1.89. The Morgan fingerprint density at radius 2 is 1.89 bits per heavy atom. The molecule has 0 fully saturated rings. The van der Waals surface area contributed by atoms with Crippen LogP contribution in [0.15, 0.2) is 16.6 Å². The zero-order chi connectivity index (χ0) is 13.9. The maximum atomic E-state index is 13.5. The molecule has 1 atom stereocenters. The molecule has 6 heteroatoms. The summed E-state index contributed by atoms with van der Waals surface area (Å²) >= 11 is 2.96. The first-order chi connectivity index (χ1) is 8.31. The Hall–Kier alpha value is -1.01. The van der Waals surface area contributed by atoms with Gasteiger partial charge in [0.1, 0.15) is 5.69 Å². The lowest BCUT2D eigenvalue weighted by Gasteiger charge is -2.15. The molecule has 1 rings (SSSR count). The number of nitrogens with two attached hydrogens (primary N) is 1. The highest BCUT2D eigenvalue weighted by atomic mass is 79.9. The molecule has 0 aliphatic rings. The zero-order valence-electron chi connectivity index (χ0n) is 10.1. The van der Waals surface area contributed by atoms with Gasteiger partial charge in [-0.05, 0) is 24.5 Å². The third kappa shape index (κ3) is 4.03. The number of benzene rings is 1. The van der Waals surface area contributed by atoms with Gasteiger partial charge in [0.05, 0.1) is 6.04 Å². The van der Waals surface area contributed by atoms with Crippen LogP contribution in [0.3, 0.4) is 0 Å². The Morgan fingerprint density at radius 1 is 1.39 bits per heavy atom. The van der Waals surface area contributed by atoms with Crippen LogP contribution in [-0.4, -0.2) is 11.9 Å². The van der Waals surface area contributed by atoms with Crippen molar-refractivity contribution in [3.05, 3.63) is 28.2 Å². The molecule has 0 heterocycles. The fourth-order valence-electron chi connectivity index (χ4n) is 1.49. The van der Waals surface area contributed by atoms with E-state index in [0.717, 1.165) is 12.1 Å². The van der Waals surface area contributed by atoms with Crippen LogP contribution in [0, 0.1) is 17.6 Å². The summed E-state index contributed by atoms with van der Waals surface area (Å²) < 4.78 is 27.2. The van der Waals surface area contributed by atoms with Crippen molar-refractivity contribution in [1.29, 1.82) is 0 Å². The number of hydrogen-bond donors (Lipinski definition) is 2. The molecular formula is C12H15BrF2N2O. The quantitative estimate of drug-likeness (QED) is 0.895. The van der Waals surface area contributed by atoms with Gasteiger partial charge in [0.25, 0.3) is 0 Å². The number of nitrogens with one attached hydrogen (secondary N) is 1. The molecule has 0 aliphatic carbocycles. The predicted octanol–water partition coefficient (Wildman–Crippen LogP) is 3.04. The molecule has 0 bridgehead atoms. The van der Waals surface area contributed by atoms with Crippen molar-refractivity contribution in [3.63, 3.8) is 0 Å². The van der Waals surface area contributed by atoms with E-state index in [1.807, 2.05) is 13.8 Å². The molecule has 1 amide bonds. The van der Waals surface area contributed by atoms with E-state index in [1.165, 1.54) is 0 Å². The minimum atomic E-state index is -0.841. The number of carbonyl (C=O) groups excluding carboxylic acids is 1. The van der Waals surface area contributed by atoms with Gasteiger partial charge in [-0.2, -0.15) is 0 Å². The molecule has 18 heavy (non-hydrogen) atoms. The van der Waals surface area contributed by atoms with E-state index in [9.17, 15) is 13.6 Å². The van der Waals surface area contributed by atoms with Crippen LogP contribution in [0.1, 0.15) is 20.3 Å². The summed E-state index contributed by atoms with van der Waals surface area (Å²) in [5.41, 5.74) is 5.16. The Morgan fingerprint density at radius 3 is 2.33 bits per heavy atom. The summed E-state index contributed by atoms with van der Waals surface area (Å²) in [6.07, 6.45) is 0.450. The summed E-state index contributed by atoms with van der Waals surface area (Å²) in [6.45, 7) is 3.82. The van der Waals surface area contributed by atoms with Crippen LogP contribution in [0.2, 0.25) is 0 Å². The zero-order valence-corrected chi connectivity index (χ0v) is 11.7. The van der Waals surface area contributed by atoms with E-state index < -0.39 is 29.3 Å². The number of rotatable bonds is 4. The van der Waals surface area contributed by atoms with Crippen molar-refractivity contribution in [2.24, 2.45) is 11.7 Å². The lowest BCUT2D eigenvalue weighted by atomic mass is 10.0. The van der Waals surface area contributed by atoms with Crippen molar-refractivity contribution in [2.45, 2.75) is 26.3 Å². The van der Waals surface area contributed by atoms with Gasteiger partial charge in [0, 0.05) is 4.47 Å². The first-order valence-electron chi connectivity index (χ1n) is 5.52. The molecule has 3 nitrogen and oxygen atoms in total. The molecule has 0 saturated heterocycles. The highest BCUT2D eigenvalue weighted by Crippen LogP contribution is 2.24. The summed E-state index contributed by atoms with van der Waals surface area (Å²) in [6, 6.07) is 1.37. The van der Waals surface area contributed by atoms with E-state index in [4.69, 9.17) is 5.73 Å². The second-order valence-corrected chi connectivity index (χ2v) is 5.39. The van der Waals surface area contributed by atoms with Gasteiger partial charge in [-0.3, -0.25) is 4.79 Å². The van der Waals surface area contributed by atoms with Crippen molar-refractivity contribution in [1.82, 2.24) is 0 Å². The molecule has 0 unspecified atom stereocenters. The standard InChI is InChI=1S/C12H15BrF2N2O/c1-6(2)3-10(16)12(18)17-11-8(14)4-7(13)5-9(11)15/h4-6,10H,3,16H2,1-2H3,(H,17,18)/t10-/m0/s1. The maximum Gasteiger partial charge on any atom is 0.241 e. The monoisotopic (exact) mass is 320 g/mol. The van der Waals surface area contributed by atoms with E-state index in [0.29, 0.717) is 6.42 Å². The van der Waals surface area contributed by atoms with Gasteiger partial charge >= 0.3 is 0 Å². The summed E-state index contributed by atoms with van der Waals surface area (Å²) in [7, 11) is 0. The van der Waals surface area contributed by atoms with E-state index >= 15 is 0 Å². The Kier molecular flexibility index (Phi) is 5.22. The summed E-state index contributed by atoms with van der Waals surface area (Å²) in [4.78, 5) is 11.7. The molecule has 0 saturated carbocycles. The van der Waals surface area contributed by atoms with Crippen LogP contribution in [-0.2, 0) is 4.79 Å². The second kappa shape index (κ2) is 6.24. The molecule has 3 N–H and O–H groups in total. The largest absolute Gasteiger partial charge is 0.320 e. The Balaban J connectivity index is 2.82. The van der Waals surface area contributed by atoms with Crippen LogP contribution >= 0.6 is 15.9 Å². The van der Waals surface area contributed by atoms with Crippen LogP contribution in [0.4, 0.5) is 14.5 Å². The van der Waals surface area contributed by atoms with Crippen molar-refractivity contribution < 1.29 is 13.6 Å². The van der Waals surface area contributed by atoms with E-state index in [1.54, 1.807) is 0 Å². The average molecular weight is 321 g/mol. The Bertz CT molecular complexity index is 429. The van der Waals surface area contributed by atoms with Gasteiger partial charge in [-0.15, -0.1) is 0 Å². The van der Waals surface area contributed by atoms with Crippen LogP contribution < -0.4 is 11.1 Å². The van der Waals surface area contributed by atoms with Gasteiger partial charge in [0.15, 0.2) is 11.6 Å². The average Bonchev–Trinajstić information content (AvgIpc) is 2.21. The lowest BCUT2D eigenvalue weighted by Crippen LogP contribution is -2.37. The maximum absolute atomic E-state index is 13.5. The lowest BCUT2D eigenvalue weighted by molar-refractivity contribution is -0.117. The molecular weight excluding hydrogens is 306 g/mol. The molecule has 100 valence electrons. The number of halogens is 3. The number of carbonyl (C=O) groups is 1. The summed E-state index contributed by atoms with van der Waals surface area (Å²) in [5, 5.41) is 2.18. The Labute approximate surface area is 113 Å². The number of amides is 1. The molecule has 0 radical (unpaired) electrons. The first-order valence-corrected chi connectivity index (χ1v) is 6.31. The smallest absolute Gasteiger partial charge is 0.241 e. The number of hydrogen-bond acceptors (Lipinski definition) is 2. The predicted molar refractivity (Wildman–Crippen MR) is 70.1 cm³/mol. The first kappa shape index (κ1) is 15.0. The number of anilines is 1. The van der Waals surface area contributed by atoms with Crippen LogP contribution in [0.25, 0.3) is 0 Å². The second-order valence-electron chi connectivity index (χ2n) is 4.47. The van der Waals surface area contributed by atoms with Crippen molar-refractivity contribution in [3.8, 4) is 0 Å². The molecule has 1 aromatic carbocycles. The third-order valence-corrected chi connectivity index (χ3v) is 2.78. The topological polar surface area (TPSA) is 55.1 Å². The van der Waals surface area contributed by atoms with Crippen LogP contribution in [0.5, 0.6) is 0 Å². The molecule has 1 aromatic rings. The van der Waals surface area contributed by atoms with E-state index in [2.05, 4.69) is 21.2 Å². The van der Waals surface area contributed by atoms with Gasteiger partial charge in [-0.1, -0.05) is 29.8 Å². The highest BCUT2D eigenvalue weighted by Gasteiger charge is 2.19.